The van der Waals surface area contributed by atoms with Crippen molar-refractivity contribution in [2.24, 2.45) is 5.41 Å². The molecule has 5 heteroatoms. The molecule has 0 bridgehead atoms. The molecule has 0 aliphatic carbocycles. The van der Waals surface area contributed by atoms with Crippen molar-refractivity contribution in [3.05, 3.63) is 0 Å². The maximum absolute atomic E-state index is 11.0. The third-order valence-electron chi connectivity index (χ3n) is 2.74. The monoisotopic (exact) mass is 207 g/mol. The van der Waals surface area contributed by atoms with E-state index in [4.69, 9.17) is 0 Å². The number of sulfonamides is 1. The fourth-order valence-corrected chi connectivity index (χ4v) is 2.14. The molecule has 0 aromatic heterocycles. The summed E-state index contributed by atoms with van der Waals surface area (Å²) < 4.78 is 23.4. The van der Waals surface area contributed by atoms with E-state index in [-0.39, 0.29) is 18.5 Å². The Bertz CT molecular complexity index is 296. The molecule has 1 fully saturated rings. The summed E-state index contributed by atoms with van der Waals surface area (Å²) in [5.74, 6) is 0. The van der Waals surface area contributed by atoms with Crippen molar-refractivity contribution in [2.45, 2.75) is 26.4 Å². The van der Waals surface area contributed by atoms with Crippen molar-refractivity contribution in [1.29, 1.82) is 0 Å². The van der Waals surface area contributed by atoms with Crippen LogP contribution in [0.2, 0.25) is 0 Å². The second kappa shape index (κ2) is 2.68. The van der Waals surface area contributed by atoms with Crippen LogP contribution in [0.4, 0.5) is 0 Å². The molecule has 0 aromatic rings. The van der Waals surface area contributed by atoms with Crippen molar-refractivity contribution < 1.29 is 13.5 Å². The van der Waals surface area contributed by atoms with Crippen LogP contribution in [0.25, 0.3) is 0 Å². The van der Waals surface area contributed by atoms with E-state index in [2.05, 4.69) is 0 Å². The third kappa shape index (κ3) is 1.87. The molecule has 0 spiro atoms. The summed E-state index contributed by atoms with van der Waals surface area (Å²) in [7, 11) is -3.12. The van der Waals surface area contributed by atoms with E-state index in [9.17, 15) is 13.5 Å². The average Bonchev–Trinajstić information content (AvgIpc) is 1.75. The summed E-state index contributed by atoms with van der Waals surface area (Å²) in [6.45, 7) is 6.16. The summed E-state index contributed by atoms with van der Waals surface area (Å²) in [4.78, 5) is 0. The summed E-state index contributed by atoms with van der Waals surface area (Å²) in [5.41, 5.74) is -1.13. The standard InChI is InChI=1S/C8H17NO3S/c1-7(2,3)8(10)5-9(6-8)13(4,11)12/h10H,5-6H2,1-4H3. The zero-order valence-corrected chi connectivity index (χ0v) is 9.35. The highest BCUT2D eigenvalue weighted by Crippen LogP contribution is 2.38. The van der Waals surface area contributed by atoms with Gasteiger partial charge < -0.3 is 5.11 Å². The molecule has 1 aliphatic rings. The molecular weight excluding hydrogens is 190 g/mol. The van der Waals surface area contributed by atoms with E-state index in [1.807, 2.05) is 20.8 Å². The maximum Gasteiger partial charge on any atom is 0.211 e. The highest BCUT2D eigenvalue weighted by atomic mass is 32.2. The quantitative estimate of drug-likeness (QED) is 0.660. The van der Waals surface area contributed by atoms with Crippen LogP contribution in [0.15, 0.2) is 0 Å². The second-order valence-electron chi connectivity index (χ2n) is 4.81. The Labute approximate surface area is 79.6 Å². The Hall–Kier alpha value is -0.130. The van der Waals surface area contributed by atoms with Crippen LogP contribution in [-0.2, 0) is 10.0 Å². The van der Waals surface area contributed by atoms with Gasteiger partial charge in [-0.15, -0.1) is 0 Å². The summed E-state index contributed by atoms with van der Waals surface area (Å²) in [6, 6.07) is 0. The maximum atomic E-state index is 11.0. The van der Waals surface area contributed by atoms with Crippen molar-refractivity contribution >= 4 is 10.0 Å². The highest BCUT2D eigenvalue weighted by molar-refractivity contribution is 7.88. The SMILES string of the molecule is CC(C)(C)C1(O)CN(S(C)(=O)=O)C1. The number of hydrogen-bond donors (Lipinski definition) is 1. The van der Waals surface area contributed by atoms with Crippen LogP contribution in [-0.4, -0.2) is 42.8 Å². The fourth-order valence-electron chi connectivity index (χ4n) is 1.25. The lowest BCUT2D eigenvalue weighted by Gasteiger charge is -2.52. The van der Waals surface area contributed by atoms with Crippen LogP contribution < -0.4 is 0 Å². The lowest BCUT2D eigenvalue weighted by Crippen LogP contribution is -2.68. The Balaban J connectivity index is 2.69. The minimum Gasteiger partial charge on any atom is -0.387 e. The minimum atomic E-state index is -3.12. The molecule has 0 radical (unpaired) electrons. The van der Waals surface area contributed by atoms with Crippen molar-refractivity contribution in [3.8, 4) is 0 Å². The number of nitrogens with zero attached hydrogens (tertiary/aromatic N) is 1. The summed E-state index contributed by atoms with van der Waals surface area (Å²) in [5, 5.41) is 9.97. The van der Waals surface area contributed by atoms with Crippen molar-refractivity contribution in [3.63, 3.8) is 0 Å². The van der Waals surface area contributed by atoms with Crippen LogP contribution >= 0.6 is 0 Å². The first-order valence-electron chi connectivity index (χ1n) is 4.24. The van der Waals surface area contributed by atoms with Gasteiger partial charge in [0.05, 0.1) is 11.9 Å². The highest BCUT2D eigenvalue weighted by Gasteiger charge is 2.52. The van der Waals surface area contributed by atoms with Gasteiger partial charge >= 0.3 is 0 Å². The zero-order chi connectivity index (χ0) is 10.5. The molecule has 0 atom stereocenters. The van der Waals surface area contributed by atoms with Crippen LogP contribution in [0.1, 0.15) is 20.8 Å². The van der Waals surface area contributed by atoms with E-state index in [1.165, 1.54) is 4.31 Å². The number of aliphatic hydroxyl groups is 1. The second-order valence-corrected chi connectivity index (χ2v) is 6.80. The molecule has 1 saturated heterocycles. The van der Waals surface area contributed by atoms with E-state index in [0.717, 1.165) is 6.26 Å². The molecule has 0 saturated carbocycles. The van der Waals surface area contributed by atoms with Gasteiger partial charge in [0.1, 0.15) is 0 Å². The number of rotatable bonds is 1. The van der Waals surface area contributed by atoms with E-state index >= 15 is 0 Å². The Morgan fingerprint density at radius 1 is 1.31 bits per heavy atom. The Morgan fingerprint density at radius 3 is 1.92 bits per heavy atom. The van der Waals surface area contributed by atoms with Gasteiger partial charge in [-0.2, -0.15) is 4.31 Å². The summed E-state index contributed by atoms with van der Waals surface area (Å²) >= 11 is 0. The van der Waals surface area contributed by atoms with Gasteiger partial charge in [0.15, 0.2) is 0 Å². The normalized spacial score (nSPS) is 24.1. The van der Waals surface area contributed by atoms with Gasteiger partial charge in [0.25, 0.3) is 0 Å². The van der Waals surface area contributed by atoms with Gasteiger partial charge in [-0.05, 0) is 5.41 Å². The predicted molar refractivity (Wildman–Crippen MR) is 50.8 cm³/mol. The summed E-state index contributed by atoms with van der Waals surface area (Å²) in [6.07, 6.45) is 1.16. The van der Waals surface area contributed by atoms with Crippen LogP contribution in [0, 0.1) is 5.41 Å². The molecule has 1 N–H and O–H groups in total. The molecule has 0 amide bonds. The molecule has 0 aromatic carbocycles. The number of β-amino-alcohol motifs (C(OH)–C–C–N with tert-alkyl or cyclic N) is 1. The van der Waals surface area contributed by atoms with Gasteiger partial charge in [0.2, 0.25) is 10.0 Å². The van der Waals surface area contributed by atoms with E-state index in [1.54, 1.807) is 0 Å². The molecule has 4 nitrogen and oxygen atoms in total. The molecule has 0 unspecified atom stereocenters. The van der Waals surface area contributed by atoms with Gasteiger partial charge in [-0.3, -0.25) is 0 Å². The molecule has 1 aliphatic heterocycles. The molecule has 13 heavy (non-hydrogen) atoms. The van der Waals surface area contributed by atoms with Crippen molar-refractivity contribution in [2.75, 3.05) is 19.3 Å². The number of hydrogen-bond acceptors (Lipinski definition) is 3. The average molecular weight is 207 g/mol. The smallest absolute Gasteiger partial charge is 0.211 e. The van der Waals surface area contributed by atoms with Gasteiger partial charge in [0, 0.05) is 13.1 Å². The predicted octanol–water partition coefficient (Wildman–Crippen LogP) is 0.0388. The van der Waals surface area contributed by atoms with Crippen molar-refractivity contribution in [1.82, 2.24) is 4.31 Å². The topological polar surface area (TPSA) is 57.6 Å². The first-order chi connectivity index (χ1) is 5.56. The van der Waals surface area contributed by atoms with Gasteiger partial charge in [-0.25, -0.2) is 8.42 Å². The largest absolute Gasteiger partial charge is 0.387 e. The van der Waals surface area contributed by atoms with E-state index < -0.39 is 15.6 Å². The molecule has 78 valence electrons. The first-order valence-corrected chi connectivity index (χ1v) is 6.09. The first kappa shape index (κ1) is 10.9. The van der Waals surface area contributed by atoms with Gasteiger partial charge in [-0.1, -0.05) is 20.8 Å². The van der Waals surface area contributed by atoms with Crippen LogP contribution in [0.5, 0.6) is 0 Å². The fraction of sp³-hybridized carbons (Fsp3) is 1.00. The minimum absolute atomic E-state index is 0.218. The zero-order valence-electron chi connectivity index (χ0n) is 8.53. The lowest BCUT2D eigenvalue weighted by molar-refractivity contribution is -0.133. The Morgan fingerprint density at radius 2 is 1.69 bits per heavy atom. The molecule has 1 heterocycles. The third-order valence-corrected chi connectivity index (χ3v) is 3.94. The molecular formula is C8H17NO3S. The van der Waals surface area contributed by atoms with Crippen LogP contribution in [0.3, 0.4) is 0 Å². The molecule has 1 rings (SSSR count). The van der Waals surface area contributed by atoms with E-state index in [0.29, 0.717) is 0 Å². The lowest BCUT2D eigenvalue weighted by atomic mass is 9.73. The Kier molecular flexibility index (Phi) is 2.26.